The van der Waals surface area contributed by atoms with Crippen LogP contribution in [0.2, 0.25) is 0 Å². The highest BCUT2D eigenvalue weighted by Crippen LogP contribution is 2.07. The summed E-state index contributed by atoms with van der Waals surface area (Å²) in [4.78, 5) is 11.4. The average molecular weight is 183 g/mol. The van der Waals surface area contributed by atoms with E-state index in [1.165, 1.54) is 6.20 Å². The van der Waals surface area contributed by atoms with E-state index in [-0.39, 0.29) is 5.91 Å². The van der Waals surface area contributed by atoms with Gasteiger partial charge < -0.3 is 15.6 Å². The smallest absolute Gasteiger partial charge is 0.256 e. The molecular formula is C8H13N3O2. The summed E-state index contributed by atoms with van der Waals surface area (Å²) in [5.74, 6) is 0.429. The van der Waals surface area contributed by atoms with Crippen molar-refractivity contribution in [2.45, 2.75) is 13.3 Å². The molecule has 0 aromatic carbocycles. The Kier molecular flexibility index (Phi) is 3.45. The molecule has 0 unspecified atom stereocenters. The Labute approximate surface area is 76.3 Å². The number of hydrogen-bond acceptors (Lipinski definition) is 4. The molecule has 1 amide bonds. The third-order valence-electron chi connectivity index (χ3n) is 1.64. The fourth-order valence-corrected chi connectivity index (χ4v) is 0.985. The predicted octanol–water partition coefficient (Wildman–Crippen LogP) is -0.0745. The topological polar surface area (TPSA) is 81.2 Å². The Hall–Kier alpha value is -1.36. The van der Waals surface area contributed by atoms with Crippen molar-refractivity contribution in [3.8, 4) is 0 Å². The van der Waals surface area contributed by atoms with Crippen molar-refractivity contribution in [1.82, 2.24) is 10.5 Å². The molecule has 0 radical (unpaired) electrons. The second-order valence-corrected chi connectivity index (χ2v) is 2.56. The molecule has 0 aliphatic heterocycles. The van der Waals surface area contributed by atoms with Gasteiger partial charge in [0.2, 0.25) is 0 Å². The summed E-state index contributed by atoms with van der Waals surface area (Å²) in [6, 6.07) is 0. The van der Waals surface area contributed by atoms with Crippen LogP contribution < -0.4 is 11.1 Å². The first kappa shape index (κ1) is 9.73. The number of rotatable bonds is 4. The first-order chi connectivity index (χ1) is 6.29. The van der Waals surface area contributed by atoms with E-state index in [0.29, 0.717) is 30.8 Å². The van der Waals surface area contributed by atoms with Crippen molar-refractivity contribution in [3.05, 3.63) is 17.5 Å². The molecule has 0 atom stereocenters. The maximum atomic E-state index is 11.4. The number of hydrogen-bond donors (Lipinski definition) is 2. The Morgan fingerprint density at radius 1 is 1.77 bits per heavy atom. The van der Waals surface area contributed by atoms with Gasteiger partial charge in [0.1, 0.15) is 11.3 Å². The molecule has 13 heavy (non-hydrogen) atoms. The van der Waals surface area contributed by atoms with E-state index in [4.69, 9.17) is 10.3 Å². The summed E-state index contributed by atoms with van der Waals surface area (Å²) in [7, 11) is 0. The largest absolute Gasteiger partial charge is 0.361 e. The molecule has 5 nitrogen and oxygen atoms in total. The average Bonchev–Trinajstić information content (AvgIpc) is 2.61. The van der Waals surface area contributed by atoms with E-state index in [9.17, 15) is 4.79 Å². The van der Waals surface area contributed by atoms with Crippen molar-refractivity contribution >= 4 is 5.91 Å². The molecule has 0 bridgehead atoms. The van der Waals surface area contributed by atoms with Gasteiger partial charge in [-0.15, -0.1) is 0 Å². The Morgan fingerprint density at radius 3 is 3.15 bits per heavy atom. The second-order valence-electron chi connectivity index (χ2n) is 2.56. The van der Waals surface area contributed by atoms with Crippen LogP contribution in [0.15, 0.2) is 10.7 Å². The number of carbonyl (C=O) groups is 1. The predicted molar refractivity (Wildman–Crippen MR) is 47.3 cm³/mol. The zero-order valence-corrected chi connectivity index (χ0v) is 7.54. The SMILES string of the molecule is CCc1oncc1C(=O)NCCN. The summed E-state index contributed by atoms with van der Waals surface area (Å²) in [5.41, 5.74) is 5.74. The molecule has 1 aromatic heterocycles. The van der Waals surface area contributed by atoms with Gasteiger partial charge in [0.15, 0.2) is 0 Å². The molecule has 0 spiro atoms. The second kappa shape index (κ2) is 4.61. The lowest BCUT2D eigenvalue weighted by Crippen LogP contribution is -2.29. The highest BCUT2D eigenvalue weighted by molar-refractivity contribution is 5.94. The van der Waals surface area contributed by atoms with Crippen LogP contribution in [0.25, 0.3) is 0 Å². The van der Waals surface area contributed by atoms with Crippen LogP contribution in [0.5, 0.6) is 0 Å². The van der Waals surface area contributed by atoms with Crippen LogP contribution >= 0.6 is 0 Å². The molecule has 0 saturated carbocycles. The van der Waals surface area contributed by atoms with Crippen LogP contribution in [0, 0.1) is 0 Å². The number of amides is 1. The van der Waals surface area contributed by atoms with Crippen molar-refractivity contribution in [2.24, 2.45) is 5.73 Å². The number of nitrogens with one attached hydrogen (secondary N) is 1. The Balaban J connectivity index is 2.65. The van der Waals surface area contributed by atoms with Crippen LogP contribution in [0.3, 0.4) is 0 Å². The van der Waals surface area contributed by atoms with E-state index in [1.54, 1.807) is 0 Å². The lowest BCUT2D eigenvalue weighted by molar-refractivity contribution is 0.0953. The van der Waals surface area contributed by atoms with Crippen molar-refractivity contribution in [1.29, 1.82) is 0 Å². The highest BCUT2D eigenvalue weighted by Gasteiger charge is 2.13. The zero-order valence-electron chi connectivity index (χ0n) is 7.54. The van der Waals surface area contributed by atoms with Crippen LogP contribution in [0.4, 0.5) is 0 Å². The lowest BCUT2D eigenvalue weighted by atomic mass is 10.2. The summed E-state index contributed by atoms with van der Waals surface area (Å²) in [5, 5.41) is 6.20. The number of nitrogens with two attached hydrogens (primary N) is 1. The van der Waals surface area contributed by atoms with Gasteiger partial charge in [0.25, 0.3) is 5.91 Å². The van der Waals surface area contributed by atoms with Gasteiger partial charge in [0, 0.05) is 19.5 Å². The van der Waals surface area contributed by atoms with Crippen LogP contribution in [-0.4, -0.2) is 24.2 Å². The zero-order chi connectivity index (χ0) is 9.68. The van der Waals surface area contributed by atoms with E-state index in [0.717, 1.165) is 0 Å². The highest BCUT2D eigenvalue weighted by atomic mass is 16.5. The van der Waals surface area contributed by atoms with Crippen molar-refractivity contribution in [2.75, 3.05) is 13.1 Å². The van der Waals surface area contributed by atoms with E-state index < -0.39 is 0 Å². The number of aryl methyl sites for hydroxylation is 1. The Morgan fingerprint density at radius 2 is 2.54 bits per heavy atom. The number of carbonyl (C=O) groups excluding carboxylic acids is 1. The molecule has 3 N–H and O–H groups in total. The summed E-state index contributed by atoms with van der Waals surface area (Å²) in [6.45, 7) is 2.80. The molecule has 0 aliphatic rings. The van der Waals surface area contributed by atoms with Gasteiger partial charge in [-0.3, -0.25) is 4.79 Å². The standard InChI is InChI=1S/C8H13N3O2/c1-2-7-6(5-11-13-7)8(12)10-4-3-9/h5H,2-4,9H2,1H3,(H,10,12). The van der Waals surface area contributed by atoms with Crippen LogP contribution in [-0.2, 0) is 6.42 Å². The minimum absolute atomic E-state index is 0.177. The number of aromatic nitrogens is 1. The molecule has 0 fully saturated rings. The van der Waals surface area contributed by atoms with E-state index in [1.807, 2.05) is 6.92 Å². The van der Waals surface area contributed by atoms with E-state index in [2.05, 4.69) is 10.5 Å². The Bertz CT molecular complexity index is 283. The van der Waals surface area contributed by atoms with Crippen LogP contribution in [0.1, 0.15) is 23.0 Å². The quantitative estimate of drug-likeness (QED) is 0.684. The summed E-state index contributed by atoms with van der Waals surface area (Å²) < 4.78 is 4.87. The first-order valence-electron chi connectivity index (χ1n) is 4.21. The minimum Gasteiger partial charge on any atom is -0.361 e. The van der Waals surface area contributed by atoms with Crippen molar-refractivity contribution in [3.63, 3.8) is 0 Å². The molecule has 1 aromatic rings. The third-order valence-corrected chi connectivity index (χ3v) is 1.64. The summed E-state index contributed by atoms with van der Waals surface area (Å²) >= 11 is 0. The van der Waals surface area contributed by atoms with Gasteiger partial charge in [0.05, 0.1) is 6.20 Å². The molecule has 72 valence electrons. The van der Waals surface area contributed by atoms with Gasteiger partial charge in [-0.25, -0.2) is 0 Å². The summed E-state index contributed by atoms with van der Waals surface area (Å²) in [6.07, 6.45) is 2.08. The fourth-order valence-electron chi connectivity index (χ4n) is 0.985. The fraction of sp³-hybridized carbons (Fsp3) is 0.500. The van der Waals surface area contributed by atoms with Gasteiger partial charge >= 0.3 is 0 Å². The monoisotopic (exact) mass is 183 g/mol. The van der Waals surface area contributed by atoms with Gasteiger partial charge in [-0.2, -0.15) is 0 Å². The molecule has 0 aliphatic carbocycles. The normalized spacial score (nSPS) is 10.0. The maximum absolute atomic E-state index is 11.4. The van der Waals surface area contributed by atoms with Crippen molar-refractivity contribution < 1.29 is 9.32 Å². The van der Waals surface area contributed by atoms with Gasteiger partial charge in [-0.1, -0.05) is 12.1 Å². The maximum Gasteiger partial charge on any atom is 0.256 e. The first-order valence-corrected chi connectivity index (χ1v) is 4.21. The number of nitrogens with zero attached hydrogens (tertiary/aromatic N) is 1. The lowest BCUT2D eigenvalue weighted by Gasteiger charge is -2.00. The molecular weight excluding hydrogens is 170 g/mol. The van der Waals surface area contributed by atoms with E-state index >= 15 is 0 Å². The molecule has 1 heterocycles. The molecule has 1 rings (SSSR count). The molecule has 5 heteroatoms. The van der Waals surface area contributed by atoms with Gasteiger partial charge in [-0.05, 0) is 0 Å². The third kappa shape index (κ3) is 2.29. The minimum atomic E-state index is -0.177. The molecule has 0 saturated heterocycles.